The fourth-order valence-corrected chi connectivity index (χ4v) is 2.17. The third-order valence-electron chi connectivity index (χ3n) is 3.48. The van der Waals surface area contributed by atoms with E-state index in [2.05, 4.69) is 5.32 Å². The topological polar surface area (TPSA) is 84.9 Å². The van der Waals surface area contributed by atoms with Gasteiger partial charge in [0.25, 0.3) is 5.91 Å². The molecule has 0 saturated heterocycles. The summed E-state index contributed by atoms with van der Waals surface area (Å²) in [6.07, 6.45) is -0.152. The smallest absolute Gasteiger partial charge is 0.341 e. The summed E-state index contributed by atoms with van der Waals surface area (Å²) in [6, 6.07) is 12.6. The zero-order valence-electron chi connectivity index (χ0n) is 14.3. The van der Waals surface area contributed by atoms with Crippen LogP contribution in [0.15, 0.2) is 48.5 Å². The predicted molar refractivity (Wildman–Crippen MR) is 92.8 cm³/mol. The van der Waals surface area contributed by atoms with Crippen LogP contribution in [-0.4, -0.2) is 36.2 Å². The van der Waals surface area contributed by atoms with Gasteiger partial charge in [-0.3, -0.25) is 4.79 Å². The highest BCUT2D eigenvalue weighted by molar-refractivity contribution is 5.80. The third kappa shape index (κ3) is 6.43. The van der Waals surface area contributed by atoms with Crippen molar-refractivity contribution < 1.29 is 28.6 Å². The number of carbonyl (C=O) groups excluding carboxylic acids is 1. The van der Waals surface area contributed by atoms with Crippen molar-refractivity contribution in [3.8, 4) is 11.5 Å². The average Bonchev–Trinajstić information content (AvgIpc) is 2.61. The van der Waals surface area contributed by atoms with Gasteiger partial charge in [-0.1, -0.05) is 18.2 Å². The summed E-state index contributed by atoms with van der Waals surface area (Å²) < 4.78 is 23.6. The van der Waals surface area contributed by atoms with E-state index < -0.39 is 24.5 Å². The van der Waals surface area contributed by atoms with E-state index in [-0.39, 0.29) is 5.91 Å². The van der Waals surface area contributed by atoms with E-state index in [1.165, 1.54) is 18.2 Å². The summed E-state index contributed by atoms with van der Waals surface area (Å²) >= 11 is 0. The van der Waals surface area contributed by atoms with Crippen molar-refractivity contribution >= 4 is 11.9 Å². The molecule has 0 bridgehead atoms. The van der Waals surface area contributed by atoms with E-state index in [0.717, 1.165) is 5.56 Å². The average molecular weight is 361 g/mol. The Hall–Kier alpha value is -3.09. The van der Waals surface area contributed by atoms with Crippen molar-refractivity contribution in [2.75, 3.05) is 13.2 Å². The molecule has 138 valence electrons. The Morgan fingerprint density at radius 1 is 1.15 bits per heavy atom. The molecule has 0 spiro atoms. The first-order valence-electron chi connectivity index (χ1n) is 8.07. The van der Waals surface area contributed by atoms with Crippen LogP contribution in [0.5, 0.6) is 11.5 Å². The first kappa shape index (κ1) is 19.2. The molecule has 1 unspecified atom stereocenters. The molecular formula is C19H20FNO5. The molecule has 7 heteroatoms. The van der Waals surface area contributed by atoms with Crippen molar-refractivity contribution in [1.82, 2.24) is 5.32 Å². The second kappa shape index (κ2) is 9.41. The number of halogens is 1. The highest BCUT2D eigenvalue weighted by Crippen LogP contribution is 2.14. The lowest BCUT2D eigenvalue weighted by atomic mass is 10.1. The lowest BCUT2D eigenvalue weighted by Crippen LogP contribution is -2.37. The quantitative estimate of drug-likeness (QED) is 0.716. The predicted octanol–water partition coefficient (Wildman–Crippen LogP) is 2.42. The van der Waals surface area contributed by atoms with Crippen LogP contribution in [0.3, 0.4) is 0 Å². The van der Waals surface area contributed by atoms with Gasteiger partial charge in [0, 0.05) is 12.6 Å². The molecule has 0 fully saturated rings. The van der Waals surface area contributed by atoms with Crippen LogP contribution in [0.1, 0.15) is 12.5 Å². The maximum Gasteiger partial charge on any atom is 0.341 e. The second-order valence-electron chi connectivity index (χ2n) is 5.58. The van der Waals surface area contributed by atoms with Crippen LogP contribution >= 0.6 is 0 Å². The van der Waals surface area contributed by atoms with Gasteiger partial charge in [-0.2, -0.15) is 0 Å². The van der Waals surface area contributed by atoms with Crippen LogP contribution in [-0.2, 0) is 16.0 Å². The van der Waals surface area contributed by atoms with E-state index in [1.807, 2.05) is 0 Å². The van der Waals surface area contributed by atoms with Gasteiger partial charge in [0.15, 0.2) is 12.7 Å². The van der Waals surface area contributed by atoms with Crippen molar-refractivity contribution in [3.05, 3.63) is 59.9 Å². The maximum atomic E-state index is 13.1. The normalized spacial score (nSPS) is 11.5. The number of hydrogen-bond donors (Lipinski definition) is 2. The van der Waals surface area contributed by atoms with Gasteiger partial charge in [0.05, 0.1) is 0 Å². The molecule has 0 radical (unpaired) electrons. The largest absolute Gasteiger partial charge is 0.482 e. The Bertz CT molecular complexity index is 748. The lowest BCUT2D eigenvalue weighted by Gasteiger charge is -2.14. The summed E-state index contributed by atoms with van der Waals surface area (Å²) in [5.74, 6) is -0.991. The van der Waals surface area contributed by atoms with Gasteiger partial charge in [0.2, 0.25) is 0 Å². The van der Waals surface area contributed by atoms with Crippen LogP contribution < -0.4 is 14.8 Å². The molecule has 2 rings (SSSR count). The van der Waals surface area contributed by atoms with Gasteiger partial charge in [-0.15, -0.1) is 0 Å². The van der Waals surface area contributed by atoms with Gasteiger partial charge < -0.3 is 19.9 Å². The van der Waals surface area contributed by atoms with Crippen molar-refractivity contribution in [2.24, 2.45) is 0 Å². The molecule has 2 N–H and O–H groups in total. The van der Waals surface area contributed by atoms with Crippen LogP contribution in [0, 0.1) is 5.82 Å². The number of ether oxygens (including phenoxy) is 2. The standard InChI is InChI=1S/C19H20FNO5/c1-13(26-17-4-2-3-15(20)11-17)19(24)21-10-9-14-5-7-16(8-6-14)25-12-18(22)23/h2-8,11,13H,9-10,12H2,1H3,(H,21,24)(H,22,23). The molecule has 6 nitrogen and oxygen atoms in total. The molecule has 0 aromatic heterocycles. The molecule has 26 heavy (non-hydrogen) atoms. The number of aliphatic carboxylic acids is 1. The van der Waals surface area contributed by atoms with Crippen LogP contribution in [0.25, 0.3) is 0 Å². The minimum Gasteiger partial charge on any atom is -0.482 e. The van der Waals surface area contributed by atoms with Gasteiger partial charge in [0.1, 0.15) is 17.3 Å². The number of carboxylic acids is 1. The van der Waals surface area contributed by atoms with E-state index in [0.29, 0.717) is 24.5 Å². The van der Waals surface area contributed by atoms with Crippen molar-refractivity contribution in [2.45, 2.75) is 19.4 Å². The fourth-order valence-electron chi connectivity index (χ4n) is 2.17. The summed E-state index contributed by atoms with van der Waals surface area (Å²) in [5, 5.41) is 11.3. The molecule has 1 atom stereocenters. The number of hydrogen-bond acceptors (Lipinski definition) is 4. The van der Waals surface area contributed by atoms with E-state index in [9.17, 15) is 14.0 Å². The molecule has 0 heterocycles. The maximum absolute atomic E-state index is 13.1. The minimum atomic E-state index is -1.04. The minimum absolute atomic E-state index is 0.296. The molecule has 0 aliphatic heterocycles. The molecule has 0 saturated carbocycles. The van der Waals surface area contributed by atoms with E-state index in [4.69, 9.17) is 14.6 Å². The third-order valence-corrected chi connectivity index (χ3v) is 3.48. The summed E-state index contributed by atoms with van der Waals surface area (Å²) in [4.78, 5) is 22.5. The molecule has 2 aromatic carbocycles. The zero-order chi connectivity index (χ0) is 18.9. The van der Waals surface area contributed by atoms with Gasteiger partial charge in [-0.05, 0) is 43.2 Å². The first-order valence-corrected chi connectivity index (χ1v) is 8.07. The summed E-state index contributed by atoms with van der Waals surface area (Å²) in [6.45, 7) is 1.61. The fraction of sp³-hybridized carbons (Fsp3) is 0.263. The molecule has 2 aromatic rings. The Morgan fingerprint density at radius 2 is 1.88 bits per heavy atom. The Kier molecular flexibility index (Phi) is 6.96. The number of nitrogens with one attached hydrogen (secondary N) is 1. The number of carboxylic acid groups (broad SMARTS) is 1. The second-order valence-corrected chi connectivity index (χ2v) is 5.58. The Labute approximate surface area is 150 Å². The van der Waals surface area contributed by atoms with Crippen LogP contribution in [0.4, 0.5) is 4.39 Å². The number of rotatable bonds is 9. The number of carbonyl (C=O) groups is 2. The molecule has 0 aliphatic carbocycles. The summed E-state index contributed by atoms with van der Waals surface area (Å²) in [5.41, 5.74) is 0.965. The van der Waals surface area contributed by atoms with Gasteiger partial charge in [-0.25, -0.2) is 9.18 Å². The Balaban J connectivity index is 1.74. The monoisotopic (exact) mass is 361 g/mol. The van der Waals surface area contributed by atoms with E-state index in [1.54, 1.807) is 37.3 Å². The van der Waals surface area contributed by atoms with E-state index >= 15 is 0 Å². The highest BCUT2D eigenvalue weighted by atomic mass is 19.1. The SMILES string of the molecule is CC(Oc1cccc(F)c1)C(=O)NCCc1ccc(OCC(=O)O)cc1. The van der Waals surface area contributed by atoms with Crippen molar-refractivity contribution in [3.63, 3.8) is 0 Å². The highest BCUT2D eigenvalue weighted by Gasteiger charge is 2.14. The van der Waals surface area contributed by atoms with Crippen molar-refractivity contribution in [1.29, 1.82) is 0 Å². The van der Waals surface area contributed by atoms with Crippen LogP contribution in [0.2, 0.25) is 0 Å². The molecular weight excluding hydrogens is 341 g/mol. The van der Waals surface area contributed by atoms with Gasteiger partial charge >= 0.3 is 5.97 Å². The Morgan fingerprint density at radius 3 is 2.54 bits per heavy atom. The first-order chi connectivity index (χ1) is 12.4. The summed E-state index contributed by atoms with van der Waals surface area (Å²) in [7, 11) is 0. The number of amides is 1. The zero-order valence-corrected chi connectivity index (χ0v) is 14.3. The number of benzene rings is 2. The molecule has 0 aliphatic rings. The lowest BCUT2D eigenvalue weighted by molar-refractivity contribution is -0.139. The molecule has 1 amide bonds.